The molecule has 2 rings (SSSR count). The lowest BCUT2D eigenvalue weighted by molar-refractivity contribution is -0.144. The van der Waals surface area contributed by atoms with E-state index in [9.17, 15) is 0 Å². The van der Waals surface area contributed by atoms with E-state index in [0.29, 0.717) is 0 Å². The molecule has 1 aliphatic heterocycles. The van der Waals surface area contributed by atoms with Gasteiger partial charge in [0.25, 0.3) is 0 Å². The van der Waals surface area contributed by atoms with Gasteiger partial charge in [-0.3, -0.25) is 5.32 Å². The Labute approximate surface area is 87.4 Å². The molecule has 0 aromatic carbocycles. The number of hydrogen-bond acceptors (Lipinski definition) is 2. The first-order valence-corrected chi connectivity index (χ1v) is 6.21. The second kappa shape index (κ2) is 4.19. The molecular weight excluding hydrogens is 174 g/mol. The van der Waals surface area contributed by atoms with E-state index in [1.165, 1.54) is 25.7 Å². The fourth-order valence-corrected chi connectivity index (χ4v) is 2.90. The van der Waals surface area contributed by atoms with Crippen molar-refractivity contribution < 1.29 is 4.74 Å². The van der Waals surface area contributed by atoms with Crippen LogP contribution in [0.1, 0.15) is 52.4 Å². The molecule has 82 valence electrons. The molecule has 2 nitrogen and oxygen atoms in total. The van der Waals surface area contributed by atoms with Gasteiger partial charge in [-0.25, -0.2) is 0 Å². The summed E-state index contributed by atoms with van der Waals surface area (Å²) in [6.07, 6.45) is 7.70. The van der Waals surface area contributed by atoms with Gasteiger partial charge in [0.1, 0.15) is 5.72 Å². The van der Waals surface area contributed by atoms with Gasteiger partial charge in [-0.1, -0.05) is 26.7 Å². The monoisotopic (exact) mass is 197 g/mol. The van der Waals surface area contributed by atoms with Gasteiger partial charge in [-0.15, -0.1) is 0 Å². The molecule has 0 radical (unpaired) electrons. The zero-order chi connectivity index (χ0) is 10.0. The topological polar surface area (TPSA) is 21.3 Å². The second-order valence-electron chi connectivity index (χ2n) is 4.81. The molecule has 2 atom stereocenters. The highest BCUT2D eigenvalue weighted by molar-refractivity contribution is 4.91. The first-order chi connectivity index (χ1) is 6.79. The predicted molar refractivity (Wildman–Crippen MR) is 58.1 cm³/mol. The summed E-state index contributed by atoms with van der Waals surface area (Å²) in [6.45, 7) is 5.43. The van der Waals surface area contributed by atoms with Crippen LogP contribution in [0.3, 0.4) is 0 Å². The normalized spacial score (nSPS) is 36.4. The van der Waals surface area contributed by atoms with Crippen LogP contribution in [0.2, 0.25) is 0 Å². The molecule has 0 spiro atoms. The van der Waals surface area contributed by atoms with E-state index in [0.717, 1.165) is 31.4 Å². The summed E-state index contributed by atoms with van der Waals surface area (Å²) >= 11 is 0. The van der Waals surface area contributed by atoms with Crippen molar-refractivity contribution in [3.05, 3.63) is 0 Å². The zero-order valence-corrected chi connectivity index (χ0v) is 9.51. The van der Waals surface area contributed by atoms with Crippen molar-refractivity contribution in [2.45, 2.75) is 64.1 Å². The van der Waals surface area contributed by atoms with E-state index < -0.39 is 0 Å². The molecule has 0 bridgehead atoms. The van der Waals surface area contributed by atoms with Gasteiger partial charge in [0.2, 0.25) is 0 Å². The van der Waals surface area contributed by atoms with Crippen molar-refractivity contribution in [1.82, 2.24) is 5.32 Å². The van der Waals surface area contributed by atoms with Gasteiger partial charge in [-0.2, -0.15) is 0 Å². The molecular formula is C12H23NO. The van der Waals surface area contributed by atoms with E-state index in [2.05, 4.69) is 19.2 Å². The third kappa shape index (κ3) is 1.82. The predicted octanol–water partition coefficient (Wildman–Crippen LogP) is 2.68. The van der Waals surface area contributed by atoms with Crippen LogP contribution in [0.5, 0.6) is 0 Å². The Hall–Kier alpha value is -0.0800. The van der Waals surface area contributed by atoms with E-state index in [1.54, 1.807) is 0 Å². The molecule has 2 aliphatic rings. The minimum absolute atomic E-state index is 0.00148. The standard InChI is InChI=1S/C12H23NO/c1-3-12(4-2)13-11-8-6-5-7-10(11)9-14-12/h10-11,13H,3-9H2,1-2H3. The Morgan fingerprint density at radius 3 is 2.64 bits per heavy atom. The molecule has 2 heteroatoms. The SMILES string of the molecule is CCC1(CC)NC2CCCCC2CO1. The summed E-state index contributed by atoms with van der Waals surface area (Å²) in [6, 6.07) is 0.734. The summed E-state index contributed by atoms with van der Waals surface area (Å²) in [7, 11) is 0. The van der Waals surface area contributed by atoms with Crippen LogP contribution >= 0.6 is 0 Å². The van der Waals surface area contributed by atoms with Gasteiger partial charge in [0.15, 0.2) is 0 Å². The molecule has 2 unspecified atom stereocenters. The van der Waals surface area contributed by atoms with Crippen molar-refractivity contribution in [1.29, 1.82) is 0 Å². The van der Waals surface area contributed by atoms with Crippen molar-refractivity contribution in [2.24, 2.45) is 5.92 Å². The number of fused-ring (bicyclic) bond motifs is 1. The average Bonchev–Trinajstić information content (AvgIpc) is 2.28. The van der Waals surface area contributed by atoms with E-state index >= 15 is 0 Å². The maximum absolute atomic E-state index is 6.02. The fourth-order valence-electron chi connectivity index (χ4n) is 2.90. The summed E-state index contributed by atoms with van der Waals surface area (Å²) in [5.41, 5.74) is -0.00148. The maximum Gasteiger partial charge on any atom is 0.118 e. The van der Waals surface area contributed by atoms with E-state index in [-0.39, 0.29) is 5.72 Å². The summed E-state index contributed by atoms with van der Waals surface area (Å²) in [4.78, 5) is 0. The molecule has 0 aromatic rings. The lowest BCUT2D eigenvalue weighted by Crippen LogP contribution is -2.60. The lowest BCUT2D eigenvalue weighted by Gasteiger charge is -2.47. The van der Waals surface area contributed by atoms with Crippen LogP contribution in [0.15, 0.2) is 0 Å². The largest absolute Gasteiger partial charge is 0.360 e. The van der Waals surface area contributed by atoms with Crippen LogP contribution < -0.4 is 5.32 Å². The van der Waals surface area contributed by atoms with Gasteiger partial charge < -0.3 is 4.74 Å². The van der Waals surface area contributed by atoms with Gasteiger partial charge >= 0.3 is 0 Å². The van der Waals surface area contributed by atoms with E-state index in [4.69, 9.17) is 4.74 Å². The third-order valence-electron chi connectivity index (χ3n) is 4.07. The van der Waals surface area contributed by atoms with Gasteiger partial charge in [0.05, 0.1) is 6.61 Å². The highest BCUT2D eigenvalue weighted by Gasteiger charge is 2.39. The minimum atomic E-state index is -0.00148. The Morgan fingerprint density at radius 2 is 1.93 bits per heavy atom. The number of rotatable bonds is 2. The molecule has 2 fully saturated rings. The van der Waals surface area contributed by atoms with Crippen molar-refractivity contribution in [3.8, 4) is 0 Å². The fraction of sp³-hybridized carbons (Fsp3) is 1.00. The Bertz CT molecular complexity index is 189. The maximum atomic E-state index is 6.02. The highest BCUT2D eigenvalue weighted by atomic mass is 16.5. The van der Waals surface area contributed by atoms with Crippen LogP contribution in [-0.2, 0) is 4.74 Å². The van der Waals surface area contributed by atoms with Crippen molar-refractivity contribution >= 4 is 0 Å². The lowest BCUT2D eigenvalue weighted by atomic mass is 9.82. The summed E-state index contributed by atoms with van der Waals surface area (Å²) in [5.74, 6) is 0.787. The average molecular weight is 197 g/mol. The molecule has 1 heterocycles. The molecule has 0 aromatic heterocycles. The Morgan fingerprint density at radius 1 is 1.21 bits per heavy atom. The van der Waals surface area contributed by atoms with Crippen LogP contribution in [-0.4, -0.2) is 18.4 Å². The Balaban J connectivity index is 2.01. The number of nitrogens with one attached hydrogen (secondary N) is 1. The van der Waals surface area contributed by atoms with Crippen LogP contribution in [0.4, 0.5) is 0 Å². The smallest absolute Gasteiger partial charge is 0.118 e. The molecule has 1 saturated carbocycles. The minimum Gasteiger partial charge on any atom is -0.360 e. The second-order valence-corrected chi connectivity index (χ2v) is 4.81. The van der Waals surface area contributed by atoms with Gasteiger partial charge in [-0.05, 0) is 31.6 Å². The summed E-state index contributed by atoms with van der Waals surface area (Å²) in [5, 5.41) is 3.75. The third-order valence-corrected chi connectivity index (χ3v) is 4.07. The molecule has 14 heavy (non-hydrogen) atoms. The first kappa shape index (κ1) is 10.4. The van der Waals surface area contributed by atoms with Gasteiger partial charge in [0, 0.05) is 6.04 Å². The number of hydrogen-bond donors (Lipinski definition) is 1. The van der Waals surface area contributed by atoms with Crippen LogP contribution in [0, 0.1) is 5.92 Å². The van der Waals surface area contributed by atoms with Crippen LogP contribution in [0.25, 0.3) is 0 Å². The molecule has 0 amide bonds. The molecule has 1 saturated heterocycles. The molecule has 1 aliphatic carbocycles. The summed E-state index contributed by atoms with van der Waals surface area (Å²) < 4.78 is 6.02. The van der Waals surface area contributed by atoms with Crippen molar-refractivity contribution in [2.75, 3.05) is 6.61 Å². The quantitative estimate of drug-likeness (QED) is 0.735. The van der Waals surface area contributed by atoms with Crippen molar-refractivity contribution in [3.63, 3.8) is 0 Å². The number of ether oxygens (including phenoxy) is 1. The highest BCUT2D eigenvalue weighted by Crippen LogP contribution is 2.33. The van der Waals surface area contributed by atoms with E-state index in [1.807, 2.05) is 0 Å². The molecule has 1 N–H and O–H groups in total. The Kier molecular flexibility index (Phi) is 3.13. The first-order valence-electron chi connectivity index (χ1n) is 6.21. The zero-order valence-electron chi connectivity index (χ0n) is 9.51.